The van der Waals surface area contributed by atoms with Crippen LogP contribution < -0.4 is 14.5 Å². The van der Waals surface area contributed by atoms with E-state index in [0.29, 0.717) is 11.7 Å². The molecule has 1 unspecified atom stereocenters. The predicted octanol–water partition coefficient (Wildman–Crippen LogP) is 2.48. The minimum Gasteiger partial charge on any atom is -0.497 e. The predicted molar refractivity (Wildman–Crippen MR) is 93.7 cm³/mol. The summed E-state index contributed by atoms with van der Waals surface area (Å²) in [5.74, 6) is 0.265. The van der Waals surface area contributed by atoms with Gasteiger partial charge < -0.3 is 9.64 Å². The lowest BCUT2D eigenvalue weighted by Crippen LogP contribution is -2.34. The molecule has 126 valence electrons. The summed E-state index contributed by atoms with van der Waals surface area (Å²) >= 11 is 1.43. The molecule has 2 amide bonds. The Morgan fingerprint density at radius 3 is 2.67 bits per heavy atom. The molecule has 0 spiro atoms. The fourth-order valence-electron chi connectivity index (χ4n) is 2.75. The summed E-state index contributed by atoms with van der Waals surface area (Å²) in [6, 6.07) is 7.28. The van der Waals surface area contributed by atoms with E-state index in [2.05, 4.69) is 4.98 Å². The van der Waals surface area contributed by atoms with Crippen molar-refractivity contribution in [2.24, 2.45) is 5.92 Å². The Balaban J connectivity index is 1.72. The number of anilines is 2. The minimum absolute atomic E-state index is 0.0396. The van der Waals surface area contributed by atoms with Crippen LogP contribution >= 0.6 is 11.3 Å². The van der Waals surface area contributed by atoms with Gasteiger partial charge in [-0.15, -0.1) is 11.3 Å². The van der Waals surface area contributed by atoms with Gasteiger partial charge in [-0.2, -0.15) is 0 Å². The SMILES string of the molecule is COc1ccc(N2CC(C(=O)N(C)c3nc(C)cs3)CC2=O)cc1. The van der Waals surface area contributed by atoms with Crippen LogP contribution in [0.15, 0.2) is 29.6 Å². The number of carbonyl (C=O) groups excluding carboxylic acids is 2. The second-order valence-corrected chi connectivity index (χ2v) is 6.61. The average molecular weight is 345 g/mol. The van der Waals surface area contributed by atoms with Gasteiger partial charge in [0, 0.05) is 31.1 Å². The van der Waals surface area contributed by atoms with Gasteiger partial charge in [0.05, 0.1) is 18.7 Å². The quantitative estimate of drug-likeness (QED) is 0.854. The number of methoxy groups -OCH3 is 1. The molecule has 1 saturated heterocycles. The van der Waals surface area contributed by atoms with Crippen molar-refractivity contribution >= 4 is 34.0 Å². The van der Waals surface area contributed by atoms with Crippen LogP contribution in [0.3, 0.4) is 0 Å². The molecule has 24 heavy (non-hydrogen) atoms. The highest BCUT2D eigenvalue weighted by Crippen LogP contribution is 2.29. The molecule has 1 atom stereocenters. The van der Waals surface area contributed by atoms with Gasteiger partial charge in [0.2, 0.25) is 11.8 Å². The van der Waals surface area contributed by atoms with E-state index in [9.17, 15) is 9.59 Å². The molecule has 0 aliphatic carbocycles. The average Bonchev–Trinajstić information content (AvgIpc) is 3.19. The molecule has 0 saturated carbocycles. The van der Waals surface area contributed by atoms with Gasteiger partial charge in [-0.25, -0.2) is 4.98 Å². The zero-order valence-corrected chi connectivity index (χ0v) is 14.7. The number of amides is 2. The van der Waals surface area contributed by atoms with Gasteiger partial charge in [-0.05, 0) is 31.2 Å². The normalized spacial score (nSPS) is 17.2. The monoisotopic (exact) mass is 345 g/mol. The number of hydrogen-bond donors (Lipinski definition) is 0. The van der Waals surface area contributed by atoms with E-state index in [1.54, 1.807) is 24.0 Å². The number of nitrogens with zero attached hydrogens (tertiary/aromatic N) is 3. The van der Waals surface area contributed by atoms with Crippen molar-refractivity contribution in [3.63, 3.8) is 0 Å². The molecule has 1 aliphatic rings. The maximum absolute atomic E-state index is 12.7. The lowest BCUT2D eigenvalue weighted by Gasteiger charge is -2.19. The summed E-state index contributed by atoms with van der Waals surface area (Å²) in [7, 11) is 3.31. The van der Waals surface area contributed by atoms with Gasteiger partial charge in [0.1, 0.15) is 5.75 Å². The number of hydrogen-bond acceptors (Lipinski definition) is 5. The second-order valence-electron chi connectivity index (χ2n) is 5.77. The highest BCUT2D eigenvalue weighted by molar-refractivity contribution is 7.14. The molecule has 2 aromatic rings. The highest BCUT2D eigenvalue weighted by Gasteiger charge is 2.37. The van der Waals surface area contributed by atoms with Crippen LogP contribution in [0, 0.1) is 12.8 Å². The Kier molecular flexibility index (Phi) is 4.53. The Hall–Kier alpha value is -2.41. The van der Waals surface area contributed by atoms with E-state index in [1.807, 2.05) is 36.6 Å². The minimum atomic E-state index is -0.353. The van der Waals surface area contributed by atoms with Gasteiger partial charge >= 0.3 is 0 Å². The number of thiazole rings is 1. The fraction of sp³-hybridized carbons (Fsp3) is 0.353. The lowest BCUT2D eigenvalue weighted by molar-refractivity contribution is -0.124. The molecular formula is C17H19N3O3S. The van der Waals surface area contributed by atoms with Crippen LogP contribution in [0.5, 0.6) is 5.75 Å². The van der Waals surface area contributed by atoms with Crippen molar-refractivity contribution in [1.29, 1.82) is 0 Å². The Morgan fingerprint density at radius 1 is 1.38 bits per heavy atom. The van der Waals surface area contributed by atoms with E-state index < -0.39 is 0 Å². The molecule has 1 aliphatic heterocycles. The first-order chi connectivity index (χ1) is 11.5. The maximum Gasteiger partial charge on any atom is 0.233 e. The lowest BCUT2D eigenvalue weighted by atomic mass is 10.1. The summed E-state index contributed by atoms with van der Waals surface area (Å²) in [4.78, 5) is 32.5. The van der Waals surface area contributed by atoms with Crippen LogP contribution in [0.4, 0.5) is 10.8 Å². The molecule has 1 aromatic heterocycles. The van der Waals surface area contributed by atoms with Gasteiger partial charge in [0.25, 0.3) is 0 Å². The topological polar surface area (TPSA) is 62.7 Å². The van der Waals surface area contributed by atoms with Crippen molar-refractivity contribution in [2.45, 2.75) is 13.3 Å². The molecule has 1 fully saturated rings. The summed E-state index contributed by atoms with van der Waals surface area (Å²) in [5.41, 5.74) is 1.67. The van der Waals surface area contributed by atoms with Crippen LogP contribution in [0.2, 0.25) is 0 Å². The van der Waals surface area contributed by atoms with Crippen molar-refractivity contribution < 1.29 is 14.3 Å². The Morgan fingerprint density at radius 2 is 2.08 bits per heavy atom. The summed E-state index contributed by atoms with van der Waals surface area (Å²) in [5, 5.41) is 2.57. The van der Waals surface area contributed by atoms with E-state index in [1.165, 1.54) is 11.3 Å². The molecule has 2 heterocycles. The second kappa shape index (κ2) is 6.60. The first-order valence-corrected chi connectivity index (χ1v) is 8.51. The maximum atomic E-state index is 12.7. The summed E-state index contributed by atoms with van der Waals surface area (Å²) < 4.78 is 5.13. The fourth-order valence-corrected chi connectivity index (χ4v) is 3.52. The molecule has 7 heteroatoms. The first-order valence-electron chi connectivity index (χ1n) is 7.63. The van der Waals surface area contributed by atoms with E-state index in [4.69, 9.17) is 4.74 Å². The summed E-state index contributed by atoms with van der Waals surface area (Å²) in [6.07, 6.45) is 0.222. The number of ether oxygens (including phenoxy) is 1. The van der Waals surface area contributed by atoms with Crippen molar-refractivity contribution in [3.05, 3.63) is 35.3 Å². The number of rotatable bonds is 4. The number of aryl methyl sites for hydroxylation is 1. The highest BCUT2D eigenvalue weighted by atomic mass is 32.1. The van der Waals surface area contributed by atoms with Gasteiger partial charge in [-0.1, -0.05) is 0 Å². The van der Waals surface area contributed by atoms with Crippen molar-refractivity contribution in [2.75, 3.05) is 30.5 Å². The smallest absolute Gasteiger partial charge is 0.233 e. The van der Waals surface area contributed by atoms with E-state index >= 15 is 0 Å². The third-order valence-electron chi connectivity index (χ3n) is 4.08. The van der Waals surface area contributed by atoms with Gasteiger partial charge in [0.15, 0.2) is 5.13 Å². The third kappa shape index (κ3) is 3.12. The molecule has 0 N–H and O–H groups in total. The molecule has 1 aromatic carbocycles. The molecular weight excluding hydrogens is 326 g/mol. The van der Waals surface area contributed by atoms with E-state index in [0.717, 1.165) is 17.1 Å². The first kappa shape index (κ1) is 16.4. The standard InChI is InChI=1S/C17H19N3O3S/c1-11-10-24-17(18-11)19(2)16(22)12-8-15(21)20(9-12)13-4-6-14(23-3)7-5-13/h4-7,10,12H,8-9H2,1-3H3. The Bertz CT molecular complexity index is 757. The molecule has 0 radical (unpaired) electrons. The van der Waals surface area contributed by atoms with Crippen molar-refractivity contribution in [1.82, 2.24) is 4.98 Å². The largest absolute Gasteiger partial charge is 0.497 e. The Labute approximate surface area is 144 Å². The van der Waals surface area contributed by atoms with Crippen molar-refractivity contribution in [3.8, 4) is 5.75 Å². The number of aromatic nitrogens is 1. The summed E-state index contributed by atoms with van der Waals surface area (Å²) in [6.45, 7) is 2.28. The number of carbonyl (C=O) groups is 2. The van der Waals surface area contributed by atoms with E-state index in [-0.39, 0.29) is 24.2 Å². The zero-order chi connectivity index (χ0) is 17.3. The van der Waals surface area contributed by atoms with Crippen LogP contribution in [-0.4, -0.2) is 37.5 Å². The van der Waals surface area contributed by atoms with Crippen LogP contribution in [0.25, 0.3) is 0 Å². The third-order valence-corrected chi connectivity index (χ3v) is 5.12. The molecule has 6 nitrogen and oxygen atoms in total. The van der Waals surface area contributed by atoms with Gasteiger partial charge in [-0.3, -0.25) is 14.5 Å². The number of benzene rings is 1. The zero-order valence-electron chi connectivity index (χ0n) is 13.9. The van der Waals surface area contributed by atoms with Crippen LogP contribution in [-0.2, 0) is 9.59 Å². The van der Waals surface area contributed by atoms with Crippen LogP contribution in [0.1, 0.15) is 12.1 Å². The molecule has 0 bridgehead atoms. The molecule has 3 rings (SSSR count).